The first-order chi connectivity index (χ1) is 8.72. The average Bonchev–Trinajstić information content (AvgIpc) is 2.36. The van der Waals surface area contributed by atoms with E-state index < -0.39 is 0 Å². The molecule has 100 valence electrons. The number of rotatable bonds is 8. The third-order valence-electron chi connectivity index (χ3n) is 2.54. The van der Waals surface area contributed by atoms with Gasteiger partial charge in [0.25, 0.3) is 0 Å². The molecule has 0 aromatic heterocycles. The van der Waals surface area contributed by atoms with Crippen LogP contribution in [0.25, 0.3) is 0 Å². The molecule has 0 saturated heterocycles. The first kappa shape index (κ1) is 14.5. The van der Waals surface area contributed by atoms with Crippen LogP contribution >= 0.6 is 0 Å². The number of carbonyl (C=O) groups excluding carboxylic acids is 1. The maximum atomic E-state index is 12.6. The van der Waals surface area contributed by atoms with Gasteiger partial charge in [-0.2, -0.15) is 0 Å². The van der Waals surface area contributed by atoms with Crippen LogP contribution in [0.1, 0.15) is 32.6 Å². The highest BCUT2D eigenvalue weighted by Gasteiger charge is 2.00. The fraction of sp³-hybridized carbons (Fsp3) is 0.500. The van der Waals surface area contributed by atoms with E-state index in [1.807, 2.05) is 6.92 Å². The fourth-order valence-corrected chi connectivity index (χ4v) is 1.60. The molecular formula is C14H20FNO2. The minimum Gasteiger partial charge on any atom is -0.466 e. The number of hydrogen-bond donors (Lipinski definition) is 1. The zero-order chi connectivity index (χ0) is 13.2. The van der Waals surface area contributed by atoms with Crippen LogP contribution in [0.3, 0.4) is 0 Å². The largest absolute Gasteiger partial charge is 0.466 e. The topological polar surface area (TPSA) is 38.3 Å². The van der Waals surface area contributed by atoms with Crippen LogP contribution in [-0.4, -0.2) is 19.1 Å². The van der Waals surface area contributed by atoms with Gasteiger partial charge < -0.3 is 10.1 Å². The van der Waals surface area contributed by atoms with Crippen molar-refractivity contribution in [1.82, 2.24) is 0 Å². The number of nitrogens with one attached hydrogen (secondary N) is 1. The molecule has 0 unspecified atom stereocenters. The molecule has 0 spiro atoms. The Bertz CT molecular complexity index is 351. The van der Waals surface area contributed by atoms with Crippen molar-refractivity contribution < 1.29 is 13.9 Å². The second-order valence-electron chi connectivity index (χ2n) is 4.05. The molecule has 0 radical (unpaired) electrons. The first-order valence-corrected chi connectivity index (χ1v) is 6.37. The second kappa shape index (κ2) is 8.50. The number of unbranched alkanes of at least 4 members (excludes halogenated alkanes) is 2. The molecule has 1 aromatic rings. The highest BCUT2D eigenvalue weighted by atomic mass is 19.1. The van der Waals surface area contributed by atoms with E-state index in [0.29, 0.717) is 13.0 Å². The molecule has 1 rings (SSSR count). The van der Waals surface area contributed by atoms with Crippen LogP contribution in [0.4, 0.5) is 10.1 Å². The number of carbonyl (C=O) groups is 1. The van der Waals surface area contributed by atoms with Gasteiger partial charge in [-0.1, -0.05) is 6.42 Å². The van der Waals surface area contributed by atoms with Crippen LogP contribution in [0, 0.1) is 5.82 Å². The van der Waals surface area contributed by atoms with Gasteiger partial charge in [0.05, 0.1) is 6.61 Å². The number of ether oxygens (including phenoxy) is 1. The summed E-state index contributed by atoms with van der Waals surface area (Å²) in [7, 11) is 0. The van der Waals surface area contributed by atoms with E-state index in [1.54, 1.807) is 12.1 Å². The molecule has 1 N–H and O–H groups in total. The molecule has 0 heterocycles. The Morgan fingerprint density at radius 3 is 2.61 bits per heavy atom. The summed E-state index contributed by atoms with van der Waals surface area (Å²) in [6.07, 6.45) is 3.30. The average molecular weight is 253 g/mol. The van der Waals surface area contributed by atoms with Gasteiger partial charge in [-0.15, -0.1) is 0 Å². The highest BCUT2D eigenvalue weighted by Crippen LogP contribution is 2.09. The molecular weight excluding hydrogens is 233 g/mol. The summed E-state index contributed by atoms with van der Waals surface area (Å²) in [6, 6.07) is 6.30. The molecule has 0 aliphatic carbocycles. The van der Waals surface area contributed by atoms with Crippen LogP contribution in [-0.2, 0) is 9.53 Å². The lowest BCUT2D eigenvalue weighted by molar-refractivity contribution is -0.143. The predicted octanol–water partition coefficient (Wildman–Crippen LogP) is 3.36. The molecule has 0 bridgehead atoms. The van der Waals surface area contributed by atoms with Crippen molar-refractivity contribution in [1.29, 1.82) is 0 Å². The Labute approximate surface area is 107 Å². The summed E-state index contributed by atoms with van der Waals surface area (Å²) in [5, 5.41) is 3.20. The van der Waals surface area contributed by atoms with Crippen molar-refractivity contribution in [2.24, 2.45) is 0 Å². The molecule has 0 saturated carbocycles. The van der Waals surface area contributed by atoms with Crippen molar-refractivity contribution in [3.63, 3.8) is 0 Å². The second-order valence-corrected chi connectivity index (χ2v) is 4.05. The van der Waals surface area contributed by atoms with Gasteiger partial charge in [0.2, 0.25) is 0 Å². The highest BCUT2D eigenvalue weighted by molar-refractivity contribution is 5.69. The summed E-state index contributed by atoms with van der Waals surface area (Å²) in [5.41, 5.74) is 0.918. The van der Waals surface area contributed by atoms with E-state index in [4.69, 9.17) is 4.74 Å². The Morgan fingerprint density at radius 1 is 1.22 bits per heavy atom. The summed E-state index contributed by atoms with van der Waals surface area (Å²) in [5.74, 6) is -0.348. The van der Waals surface area contributed by atoms with Crippen LogP contribution in [0.15, 0.2) is 24.3 Å². The minimum atomic E-state index is -0.227. The van der Waals surface area contributed by atoms with Gasteiger partial charge in [-0.25, -0.2) is 4.39 Å². The number of anilines is 1. The molecule has 0 fully saturated rings. The van der Waals surface area contributed by atoms with E-state index in [2.05, 4.69) is 5.32 Å². The Kier molecular flexibility index (Phi) is 6.84. The van der Waals surface area contributed by atoms with Gasteiger partial charge in [0.15, 0.2) is 0 Å². The standard InChI is InChI=1S/C14H20FNO2/c1-2-18-14(17)6-4-3-5-11-16-13-9-7-12(15)8-10-13/h7-10,16H,2-6,11H2,1H3. The summed E-state index contributed by atoms with van der Waals surface area (Å²) in [4.78, 5) is 11.1. The minimum absolute atomic E-state index is 0.121. The summed E-state index contributed by atoms with van der Waals surface area (Å²) >= 11 is 0. The molecule has 0 atom stereocenters. The summed E-state index contributed by atoms with van der Waals surface area (Å²) in [6.45, 7) is 3.09. The van der Waals surface area contributed by atoms with E-state index in [-0.39, 0.29) is 11.8 Å². The lowest BCUT2D eigenvalue weighted by Crippen LogP contribution is -2.04. The summed E-state index contributed by atoms with van der Waals surface area (Å²) < 4.78 is 17.5. The lowest BCUT2D eigenvalue weighted by Gasteiger charge is -2.06. The Hall–Kier alpha value is -1.58. The lowest BCUT2D eigenvalue weighted by atomic mass is 10.2. The molecule has 18 heavy (non-hydrogen) atoms. The van der Waals surface area contributed by atoms with Crippen LogP contribution in [0.5, 0.6) is 0 Å². The van der Waals surface area contributed by atoms with Gasteiger partial charge in [-0.3, -0.25) is 4.79 Å². The number of benzene rings is 1. The number of hydrogen-bond acceptors (Lipinski definition) is 3. The van der Waals surface area contributed by atoms with Crippen molar-refractivity contribution in [2.45, 2.75) is 32.6 Å². The van der Waals surface area contributed by atoms with Crippen molar-refractivity contribution in [2.75, 3.05) is 18.5 Å². The zero-order valence-corrected chi connectivity index (χ0v) is 10.7. The molecule has 4 heteroatoms. The van der Waals surface area contributed by atoms with E-state index in [0.717, 1.165) is 31.5 Å². The maximum absolute atomic E-state index is 12.6. The van der Waals surface area contributed by atoms with E-state index in [1.165, 1.54) is 12.1 Å². The fourth-order valence-electron chi connectivity index (χ4n) is 1.60. The third kappa shape index (κ3) is 6.23. The van der Waals surface area contributed by atoms with Gasteiger partial charge in [0, 0.05) is 18.7 Å². The van der Waals surface area contributed by atoms with Gasteiger partial charge in [0.1, 0.15) is 5.82 Å². The first-order valence-electron chi connectivity index (χ1n) is 6.37. The monoisotopic (exact) mass is 253 g/mol. The number of halogens is 1. The third-order valence-corrected chi connectivity index (χ3v) is 2.54. The molecule has 0 aliphatic rings. The molecule has 1 aromatic carbocycles. The predicted molar refractivity (Wildman–Crippen MR) is 70.0 cm³/mol. The van der Waals surface area contributed by atoms with Gasteiger partial charge in [-0.05, 0) is 44.0 Å². The Balaban J connectivity index is 2.02. The molecule has 3 nitrogen and oxygen atoms in total. The van der Waals surface area contributed by atoms with E-state index in [9.17, 15) is 9.18 Å². The molecule has 0 amide bonds. The smallest absolute Gasteiger partial charge is 0.305 e. The van der Waals surface area contributed by atoms with Crippen LogP contribution in [0.2, 0.25) is 0 Å². The SMILES string of the molecule is CCOC(=O)CCCCCNc1ccc(F)cc1. The van der Waals surface area contributed by atoms with E-state index >= 15 is 0 Å². The maximum Gasteiger partial charge on any atom is 0.305 e. The molecule has 0 aliphatic heterocycles. The zero-order valence-electron chi connectivity index (χ0n) is 10.7. The normalized spacial score (nSPS) is 10.1. The Morgan fingerprint density at radius 2 is 1.94 bits per heavy atom. The van der Waals surface area contributed by atoms with Crippen molar-refractivity contribution in [3.8, 4) is 0 Å². The van der Waals surface area contributed by atoms with Crippen LogP contribution < -0.4 is 5.32 Å². The van der Waals surface area contributed by atoms with Crippen molar-refractivity contribution in [3.05, 3.63) is 30.1 Å². The van der Waals surface area contributed by atoms with Crippen molar-refractivity contribution >= 4 is 11.7 Å². The quantitative estimate of drug-likeness (QED) is 0.570. The number of esters is 1. The van der Waals surface area contributed by atoms with Gasteiger partial charge >= 0.3 is 5.97 Å².